The van der Waals surface area contributed by atoms with Crippen molar-refractivity contribution in [2.75, 3.05) is 13.1 Å². The first-order valence-electron chi connectivity index (χ1n) is 10.2. The van der Waals surface area contributed by atoms with Crippen molar-refractivity contribution in [3.8, 4) is 0 Å². The van der Waals surface area contributed by atoms with Crippen LogP contribution in [0.2, 0.25) is 0 Å². The Balaban J connectivity index is 1.49. The lowest BCUT2D eigenvalue weighted by molar-refractivity contribution is -0.174. The minimum Gasteiger partial charge on any atom is -0.380 e. The number of imide groups is 1. The van der Waals surface area contributed by atoms with E-state index in [1.54, 1.807) is 0 Å². The fraction of sp³-hybridized carbons (Fsp3) is 0.348. The van der Waals surface area contributed by atoms with Crippen molar-refractivity contribution in [2.24, 2.45) is 5.92 Å². The number of piperidine rings is 1. The number of rotatable bonds is 4. The van der Waals surface area contributed by atoms with Gasteiger partial charge in [0.15, 0.2) is 0 Å². The standard InChI is InChI=1S/C23H24N2O5/c26-20-11-12-21(27)25(20)30-22(28)24-15-13-19(14-16-24)23(29,17-7-3-1-4-8-17)18-9-5-2-6-10-18/h1-10,19,29H,11-16H2. The molecule has 2 aliphatic rings. The summed E-state index contributed by atoms with van der Waals surface area (Å²) in [7, 11) is 0. The van der Waals surface area contributed by atoms with Gasteiger partial charge in [-0.1, -0.05) is 60.7 Å². The number of hydroxylamine groups is 2. The zero-order chi connectivity index (χ0) is 21.1. The molecule has 0 radical (unpaired) electrons. The first kappa shape index (κ1) is 20.1. The molecule has 1 N–H and O–H groups in total. The number of carbonyl (C=O) groups excluding carboxylic acids is 3. The van der Waals surface area contributed by atoms with E-state index in [1.807, 2.05) is 60.7 Å². The molecule has 2 aromatic rings. The van der Waals surface area contributed by atoms with E-state index in [1.165, 1.54) is 4.90 Å². The van der Waals surface area contributed by atoms with Gasteiger partial charge in [0, 0.05) is 25.9 Å². The van der Waals surface area contributed by atoms with E-state index in [-0.39, 0.29) is 18.8 Å². The van der Waals surface area contributed by atoms with Gasteiger partial charge in [-0.05, 0) is 29.9 Å². The number of hydrogen-bond acceptors (Lipinski definition) is 5. The highest BCUT2D eigenvalue weighted by atomic mass is 16.7. The third-order valence-electron chi connectivity index (χ3n) is 5.95. The van der Waals surface area contributed by atoms with Gasteiger partial charge in [0.1, 0.15) is 5.60 Å². The summed E-state index contributed by atoms with van der Waals surface area (Å²) in [4.78, 5) is 42.3. The fourth-order valence-electron chi connectivity index (χ4n) is 4.30. The maximum absolute atomic E-state index is 12.4. The van der Waals surface area contributed by atoms with Gasteiger partial charge in [-0.2, -0.15) is 0 Å². The third-order valence-corrected chi connectivity index (χ3v) is 5.95. The van der Waals surface area contributed by atoms with Gasteiger partial charge in [-0.25, -0.2) is 4.79 Å². The normalized spacial score (nSPS) is 18.0. The van der Waals surface area contributed by atoms with E-state index in [0.29, 0.717) is 31.0 Å². The van der Waals surface area contributed by atoms with Crippen LogP contribution in [0.25, 0.3) is 0 Å². The van der Waals surface area contributed by atoms with Gasteiger partial charge in [-0.15, -0.1) is 5.06 Å². The predicted molar refractivity (Wildman–Crippen MR) is 108 cm³/mol. The molecule has 156 valence electrons. The summed E-state index contributed by atoms with van der Waals surface area (Å²) >= 11 is 0. The van der Waals surface area contributed by atoms with Gasteiger partial charge in [0.2, 0.25) is 0 Å². The van der Waals surface area contributed by atoms with Crippen molar-refractivity contribution in [1.82, 2.24) is 9.96 Å². The van der Waals surface area contributed by atoms with Crippen molar-refractivity contribution in [3.05, 3.63) is 71.8 Å². The largest absolute Gasteiger partial charge is 0.434 e. The Bertz CT molecular complexity index is 868. The van der Waals surface area contributed by atoms with Crippen molar-refractivity contribution < 1.29 is 24.3 Å². The summed E-state index contributed by atoms with van der Waals surface area (Å²) in [5.74, 6) is -1.10. The van der Waals surface area contributed by atoms with Gasteiger partial charge in [0.25, 0.3) is 11.8 Å². The average molecular weight is 408 g/mol. The Morgan fingerprint density at radius 2 is 1.33 bits per heavy atom. The summed E-state index contributed by atoms with van der Waals surface area (Å²) in [5.41, 5.74) is 0.440. The second kappa shape index (κ2) is 8.28. The summed E-state index contributed by atoms with van der Waals surface area (Å²) in [6.07, 6.45) is 0.527. The van der Waals surface area contributed by atoms with Crippen LogP contribution in [0.15, 0.2) is 60.7 Å². The number of likely N-dealkylation sites (tertiary alicyclic amines) is 1. The number of aliphatic hydroxyl groups is 1. The number of amides is 3. The third kappa shape index (κ3) is 3.68. The monoisotopic (exact) mass is 408 g/mol. The van der Waals surface area contributed by atoms with Crippen LogP contribution in [0.5, 0.6) is 0 Å². The van der Waals surface area contributed by atoms with Crippen LogP contribution in [0.1, 0.15) is 36.8 Å². The lowest BCUT2D eigenvalue weighted by atomic mass is 9.72. The highest BCUT2D eigenvalue weighted by Gasteiger charge is 2.43. The summed E-state index contributed by atoms with van der Waals surface area (Å²) in [6, 6.07) is 19.1. The molecule has 2 heterocycles. The Kier molecular flexibility index (Phi) is 5.55. The molecule has 2 aromatic carbocycles. The van der Waals surface area contributed by atoms with Crippen molar-refractivity contribution >= 4 is 17.9 Å². The molecule has 0 saturated carbocycles. The topological polar surface area (TPSA) is 87.2 Å². The molecular weight excluding hydrogens is 384 g/mol. The second-order valence-corrected chi connectivity index (χ2v) is 7.70. The molecule has 0 spiro atoms. The molecular formula is C23H24N2O5. The molecule has 0 aromatic heterocycles. The molecule has 0 unspecified atom stereocenters. The minimum atomic E-state index is -1.18. The zero-order valence-corrected chi connectivity index (χ0v) is 16.6. The van der Waals surface area contributed by atoms with Crippen molar-refractivity contribution in [1.29, 1.82) is 0 Å². The molecule has 2 aliphatic heterocycles. The maximum atomic E-state index is 12.4. The van der Waals surface area contributed by atoms with Crippen LogP contribution in [0.3, 0.4) is 0 Å². The lowest BCUT2D eigenvalue weighted by Gasteiger charge is -2.42. The van der Waals surface area contributed by atoms with Gasteiger partial charge < -0.3 is 14.8 Å². The number of benzene rings is 2. The Morgan fingerprint density at radius 1 is 0.867 bits per heavy atom. The van der Waals surface area contributed by atoms with E-state index >= 15 is 0 Å². The fourth-order valence-corrected chi connectivity index (χ4v) is 4.30. The van der Waals surface area contributed by atoms with Crippen LogP contribution in [0, 0.1) is 5.92 Å². The van der Waals surface area contributed by atoms with E-state index in [0.717, 1.165) is 11.1 Å². The number of nitrogens with zero attached hydrogens (tertiary/aromatic N) is 2. The van der Waals surface area contributed by atoms with Crippen LogP contribution in [-0.4, -0.2) is 46.1 Å². The van der Waals surface area contributed by atoms with Crippen LogP contribution in [0.4, 0.5) is 4.79 Å². The highest BCUT2D eigenvalue weighted by Crippen LogP contribution is 2.42. The molecule has 7 heteroatoms. The van der Waals surface area contributed by atoms with Crippen LogP contribution < -0.4 is 0 Å². The molecule has 0 atom stereocenters. The van der Waals surface area contributed by atoms with Crippen LogP contribution in [-0.2, 0) is 20.0 Å². The number of hydrogen-bond donors (Lipinski definition) is 1. The molecule has 30 heavy (non-hydrogen) atoms. The van der Waals surface area contributed by atoms with Gasteiger partial charge in [-0.3, -0.25) is 9.59 Å². The molecule has 0 aliphatic carbocycles. The summed E-state index contributed by atoms with van der Waals surface area (Å²) < 4.78 is 0. The van der Waals surface area contributed by atoms with E-state index in [9.17, 15) is 19.5 Å². The first-order valence-corrected chi connectivity index (χ1v) is 10.2. The second-order valence-electron chi connectivity index (χ2n) is 7.70. The van der Waals surface area contributed by atoms with E-state index < -0.39 is 23.5 Å². The molecule has 7 nitrogen and oxygen atoms in total. The highest BCUT2D eigenvalue weighted by molar-refractivity contribution is 6.01. The molecule has 0 bridgehead atoms. The van der Waals surface area contributed by atoms with Crippen molar-refractivity contribution in [3.63, 3.8) is 0 Å². The molecule has 3 amide bonds. The molecule has 2 saturated heterocycles. The quantitative estimate of drug-likeness (QED) is 0.786. The Hall–Kier alpha value is -3.19. The van der Waals surface area contributed by atoms with Gasteiger partial charge in [0.05, 0.1) is 0 Å². The zero-order valence-electron chi connectivity index (χ0n) is 16.6. The number of carbonyl (C=O) groups is 3. The minimum absolute atomic E-state index is 0.0649. The maximum Gasteiger partial charge on any atom is 0.434 e. The predicted octanol–water partition coefficient (Wildman–Crippen LogP) is 2.84. The van der Waals surface area contributed by atoms with Crippen molar-refractivity contribution in [2.45, 2.75) is 31.3 Å². The summed E-state index contributed by atoms with van der Waals surface area (Å²) in [5, 5.41) is 12.4. The smallest absolute Gasteiger partial charge is 0.380 e. The van der Waals surface area contributed by atoms with Gasteiger partial charge >= 0.3 is 6.09 Å². The first-order chi connectivity index (χ1) is 14.5. The summed E-state index contributed by atoms with van der Waals surface area (Å²) in [6.45, 7) is 0.726. The molecule has 2 fully saturated rings. The SMILES string of the molecule is O=C(ON1C(=O)CCC1=O)N1CCC(C(O)(c2ccccc2)c2ccccc2)CC1. The average Bonchev–Trinajstić information content (AvgIpc) is 3.12. The van der Waals surface area contributed by atoms with Crippen LogP contribution >= 0.6 is 0 Å². The van der Waals surface area contributed by atoms with E-state index in [4.69, 9.17) is 4.84 Å². The lowest BCUT2D eigenvalue weighted by Crippen LogP contribution is -2.47. The Morgan fingerprint density at radius 3 is 1.80 bits per heavy atom. The molecule has 4 rings (SSSR count). The Labute approximate surface area is 174 Å². The van der Waals surface area contributed by atoms with E-state index in [2.05, 4.69) is 0 Å².